The zero-order valence-corrected chi connectivity index (χ0v) is 13.1. The third kappa shape index (κ3) is 3.67. The quantitative estimate of drug-likeness (QED) is 0.865. The Labute approximate surface area is 127 Å². The van der Waals surface area contributed by atoms with Crippen molar-refractivity contribution in [3.63, 3.8) is 0 Å². The number of rotatable bonds is 5. The van der Waals surface area contributed by atoms with E-state index in [0.29, 0.717) is 6.54 Å². The minimum absolute atomic E-state index is 0.228. The molecule has 0 atom stereocenters. The summed E-state index contributed by atoms with van der Waals surface area (Å²) in [6.45, 7) is 0.613. The van der Waals surface area contributed by atoms with Gasteiger partial charge in [-0.15, -0.1) is 0 Å². The van der Waals surface area contributed by atoms with E-state index in [-0.39, 0.29) is 11.4 Å². The van der Waals surface area contributed by atoms with E-state index < -0.39 is 10.0 Å². The Morgan fingerprint density at radius 3 is 2.20 bits per heavy atom. The van der Waals surface area contributed by atoms with Crippen LogP contribution in [0.1, 0.15) is 11.1 Å². The summed E-state index contributed by atoms with van der Waals surface area (Å²) < 4.78 is 27.7. The molecule has 0 aliphatic rings. The maximum atomic E-state index is 12.2. The highest BCUT2D eigenvalue weighted by molar-refractivity contribution is 9.10. The average molecular weight is 355 g/mol. The van der Waals surface area contributed by atoms with Gasteiger partial charge in [0.05, 0.1) is 4.90 Å². The van der Waals surface area contributed by atoms with Gasteiger partial charge in [0, 0.05) is 17.6 Å². The third-order valence-electron chi connectivity index (χ3n) is 2.91. The molecule has 0 amide bonds. The lowest BCUT2D eigenvalue weighted by molar-refractivity contribution is 0.581. The summed E-state index contributed by atoms with van der Waals surface area (Å²) in [6.07, 6.45) is 0. The van der Waals surface area contributed by atoms with Gasteiger partial charge < -0.3 is 5.73 Å². The van der Waals surface area contributed by atoms with Crippen LogP contribution >= 0.6 is 15.9 Å². The molecular weight excluding hydrogens is 340 g/mol. The van der Waals surface area contributed by atoms with Crippen LogP contribution in [-0.2, 0) is 23.1 Å². The van der Waals surface area contributed by atoms with Crippen LogP contribution in [0.25, 0.3) is 0 Å². The number of halogens is 1. The van der Waals surface area contributed by atoms with E-state index in [0.717, 1.165) is 15.6 Å². The molecule has 4 nitrogen and oxygen atoms in total. The molecule has 0 aliphatic carbocycles. The number of hydrogen-bond acceptors (Lipinski definition) is 3. The first kappa shape index (κ1) is 15.2. The Morgan fingerprint density at radius 2 is 1.60 bits per heavy atom. The van der Waals surface area contributed by atoms with Gasteiger partial charge in [-0.05, 0) is 35.4 Å². The molecule has 2 aromatic carbocycles. The molecule has 0 fully saturated rings. The van der Waals surface area contributed by atoms with E-state index in [1.807, 2.05) is 24.3 Å². The number of nitrogens with one attached hydrogen (secondary N) is 1. The molecule has 0 unspecified atom stereocenters. The molecule has 3 N–H and O–H groups in total. The van der Waals surface area contributed by atoms with Crippen LogP contribution in [0.15, 0.2) is 57.9 Å². The normalized spacial score (nSPS) is 11.5. The van der Waals surface area contributed by atoms with Crippen molar-refractivity contribution < 1.29 is 8.42 Å². The molecule has 0 spiro atoms. The number of sulfonamides is 1. The molecule has 6 heteroatoms. The lowest BCUT2D eigenvalue weighted by atomic mass is 10.1. The Kier molecular flexibility index (Phi) is 4.93. The maximum Gasteiger partial charge on any atom is 0.240 e. The van der Waals surface area contributed by atoms with Gasteiger partial charge in [-0.3, -0.25) is 0 Å². The van der Waals surface area contributed by atoms with Crippen LogP contribution < -0.4 is 10.5 Å². The van der Waals surface area contributed by atoms with Crippen molar-refractivity contribution in [3.8, 4) is 0 Å². The largest absolute Gasteiger partial charge is 0.326 e. The summed E-state index contributed by atoms with van der Waals surface area (Å²) in [5.41, 5.74) is 7.46. The molecule has 0 saturated heterocycles. The monoisotopic (exact) mass is 354 g/mol. The maximum absolute atomic E-state index is 12.2. The van der Waals surface area contributed by atoms with Crippen LogP contribution in [-0.4, -0.2) is 8.42 Å². The van der Waals surface area contributed by atoms with Gasteiger partial charge in [0.2, 0.25) is 10.0 Å². The van der Waals surface area contributed by atoms with Gasteiger partial charge >= 0.3 is 0 Å². The van der Waals surface area contributed by atoms with Crippen molar-refractivity contribution in [2.45, 2.75) is 18.0 Å². The minimum atomic E-state index is -3.51. The van der Waals surface area contributed by atoms with Crippen LogP contribution in [0.4, 0.5) is 0 Å². The highest BCUT2D eigenvalue weighted by Crippen LogP contribution is 2.15. The Bertz CT molecular complexity index is 685. The lowest BCUT2D eigenvalue weighted by Gasteiger charge is -2.10. The highest BCUT2D eigenvalue weighted by atomic mass is 79.9. The predicted octanol–water partition coefficient (Wildman–Crippen LogP) is 2.39. The Morgan fingerprint density at radius 1 is 1.00 bits per heavy atom. The number of hydrogen-bond donors (Lipinski definition) is 2. The van der Waals surface area contributed by atoms with Crippen LogP contribution in [0.3, 0.4) is 0 Å². The van der Waals surface area contributed by atoms with E-state index in [2.05, 4.69) is 20.7 Å². The van der Waals surface area contributed by atoms with Gasteiger partial charge in [-0.25, -0.2) is 13.1 Å². The zero-order chi connectivity index (χ0) is 14.6. The van der Waals surface area contributed by atoms with E-state index in [1.54, 1.807) is 24.3 Å². The standard InChI is InChI=1S/C14H15BrN2O2S/c15-13-5-7-14(8-6-13)20(18,19)17-10-12-4-2-1-3-11(12)9-16/h1-8,17H,9-10,16H2. The van der Waals surface area contributed by atoms with Crippen molar-refractivity contribution >= 4 is 26.0 Å². The fourth-order valence-corrected chi connectivity index (χ4v) is 3.07. The molecule has 2 aromatic rings. The SMILES string of the molecule is NCc1ccccc1CNS(=O)(=O)c1ccc(Br)cc1. The second kappa shape index (κ2) is 6.49. The van der Waals surface area contributed by atoms with Gasteiger partial charge in [-0.2, -0.15) is 0 Å². The highest BCUT2D eigenvalue weighted by Gasteiger charge is 2.13. The molecule has 0 heterocycles. The van der Waals surface area contributed by atoms with Crippen LogP contribution in [0.2, 0.25) is 0 Å². The number of nitrogens with two attached hydrogens (primary N) is 1. The topological polar surface area (TPSA) is 72.2 Å². The second-order valence-corrected chi connectivity index (χ2v) is 6.93. The summed E-state index contributed by atoms with van der Waals surface area (Å²) in [5.74, 6) is 0. The first-order chi connectivity index (χ1) is 9.53. The van der Waals surface area contributed by atoms with Crippen molar-refractivity contribution in [2.75, 3.05) is 0 Å². The first-order valence-corrected chi connectivity index (χ1v) is 8.32. The van der Waals surface area contributed by atoms with Crippen molar-refractivity contribution in [3.05, 3.63) is 64.1 Å². The van der Waals surface area contributed by atoms with Crippen molar-refractivity contribution in [2.24, 2.45) is 5.73 Å². The summed E-state index contributed by atoms with van der Waals surface area (Å²) in [7, 11) is -3.51. The van der Waals surface area contributed by atoms with Crippen molar-refractivity contribution in [1.29, 1.82) is 0 Å². The molecule has 0 radical (unpaired) electrons. The fraction of sp³-hybridized carbons (Fsp3) is 0.143. The second-order valence-electron chi connectivity index (χ2n) is 4.25. The summed E-state index contributed by atoms with van der Waals surface area (Å²) in [6, 6.07) is 14.0. The number of benzene rings is 2. The summed E-state index contributed by atoms with van der Waals surface area (Å²) in [5, 5.41) is 0. The first-order valence-electron chi connectivity index (χ1n) is 6.05. The zero-order valence-electron chi connectivity index (χ0n) is 10.7. The van der Waals surface area contributed by atoms with E-state index in [9.17, 15) is 8.42 Å². The third-order valence-corrected chi connectivity index (χ3v) is 4.86. The summed E-state index contributed by atoms with van der Waals surface area (Å²) >= 11 is 3.28. The molecule has 0 bridgehead atoms. The van der Waals surface area contributed by atoms with Gasteiger partial charge in [0.1, 0.15) is 0 Å². The van der Waals surface area contributed by atoms with Crippen LogP contribution in [0.5, 0.6) is 0 Å². The Balaban J connectivity index is 2.15. The lowest BCUT2D eigenvalue weighted by Crippen LogP contribution is -2.24. The smallest absolute Gasteiger partial charge is 0.240 e. The molecule has 2 rings (SSSR count). The molecule has 0 aliphatic heterocycles. The predicted molar refractivity (Wildman–Crippen MR) is 82.5 cm³/mol. The van der Waals surface area contributed by atoms with Gasteiger partial charge in [0.25, 0.3) is 0 Å². The van der Waals surface area contributed by atoms with Crippen molar-refractivity contribution in [1.82, 2.24) is 4.72 Å². The molecule has 0 aromatic heterocycles. The molecule has 106 valence electrons. The van der Waals surface area contributed by atoms with E-state index >= 15 is 0 Å². The average Bonchev–Trinajstić information content (AvgIpc) is 2.46. The van der Waals surface area contributed by atoms with Gasteiger partial charge in [0.15, 0.2) is 0 Å². The van der Waals surface area contributed by atoms with E-state index in [4.69, 9.17) is 5.73 Å². The summed E-state index contributed by atoms with van der Waals surface area (Å²) in [4.78, 5) is 0.242. The molecular formula is C14H15BrN2O2S. The molecule has 0 saturated carbocycles. The fourth-order valence-electron chi connectivity index (χ4n) is 1.80. The minimum Gasteiger partial charge on any atom is -0.326 e. The van der Waals surface area contributed by atoms with Crippen LogP contribution in [0, 0.1) is 0 Å². The van der Waals surface area contributed by atoms with E-state index in [1.165, 1.54) is 0 Å². The van der Waals surface area contributed by atoms with Gasteiger partial charge in [-0.1, -0.05) is 40.2 Å². The molecule has 20 heavy (non-hydrogen) atoms. The Hall–Kier alpha value is -1.21.